The van der Waals surface area contributed by atoms with E-state index in [4.69, 9.17) is 0 Å². The van der Waals surface area contributed by atoms with Gasteiger partial charge in [-0.15, -0.1) is 0 Å². The van der Waals surface area contributed by atoms with E-state index in [1.165, 1.54) is 11.1 Å². The molecule has 0 fully saturated rings. The molecule has 1 unspecified atom stereocenters. The van der Waals surface area contributed by atoms with Crippen LogP contribution in [0.15, 0.2) is 24.3 Å². The second-order valence-electron chi connectivity index (χ2n) is 4.68. The van der Waals surface area contributed by atoms with Crippen LogP contribution in [0, 0.1) is 6.92 Å². The zero-order chi connectivity index (χ0) is 13.4. The van der Waals surface area contributed by atoms with E-state index in [9.17, 15) is 4.79 Å². The fraction of sp³-hybridized carbons (Fsp3) is 0.533. The average molecular weight is 312 g/mol. The van der Waals surface area contributed by atoms with Gasteiger partial charge in [-0.1, -0.05) is 59.1 Å². The maximum absolute atomic E-state index is 11.7. The first kappa shape index (κ1) is 15.2. The Labute approximate surface area is 118 Å². The van der Waals surface area contributed by atoms with Crippen LogP contribution in [0.3, 0.4) is 0 Å². The molecule has 0 saturated carbocycles. The highest BCUT2D eigenvalue weighted by atomic mass is 79.9. The molecule has 100 valence electrons. The molecule has 2 nitrogen and oxygen atoms in total. The number of halogens is 1. The van der Waals surface area contributed by atoms with E-state index in [0.717, 1.165) is 25.8 Å². The van der Waals surface area contributed by atoms with Gasteiger partial charge in [0, 0.05) is 17.8 Å². The van der Waals surface area contributed by atoms with Gasteiger partial charge >= 0.3 is 0 Å². The van der Waals surface area contributed by atoms with E-state index in [1.807, 2.05) is 0 Å². The van der Waals surface area contributed by atoms with Crippen LogP contribution in [-0.4, -0.2) is 17.3 Å². The Balaban J connectivity index is 2.22. The van der Waals surface area contributed by atoms with Gasteiger partial charge in [0.25, 0.3) is 0 Å². The molecule has 1 amide bonds. The molecule has 0 saturated heterocycles. The van der Waals surface area contributed by atoms with E-state index in [0.29, 0.717) is 11.2 Å². The molecule has 1 atom stereocenters. The molecule has 0 aliphatic carbocycles. The minimum absolute atomic E-state index is 0.135. The Morgan fingerprint density at radius 2 is 2.00 bits per heavy atom. The predicted octanol–water partition coefficient (Wildman–Crippen LogP) is 3.61. The summed E-state index contributed by atoms with van der Waals surface area (Å²) in [5.41, 5.74) is 2.48. The van der Waals surface area contributed by atoms with Crippen molar-refractivity contribution >= 4 is 21.8 Å². The van der Waals surface area contributed by atoms with E-state index < -0.39 is 0 Å². The molecular formula is C15H22BrNO. The smallest absolute Gasteiger partial charge is 0.220 e. The fourth-order valence-corrected chi connectivity index (χ4v) is 2.36. The maximum atomic E-state index is 11.7. The van der Waals surface area contributed by atoms with Gasteiger partial charge in [0.2, 0.25) is 5.91 Å². The van der Waals surface area contributed by atoms with Crippen molar-refractivity contribution in [1.29, 1.82) is 0 Å². The molecule has 1 rings (SSSR count). The van der Waals surface area contributed by atoms with Crippen molar-refractivity contribution in [3.05, 3.63) is 35.4 Å². The molecular weight excluding hydrogens is 290 g/mol. The van der Waals surface area contributed by atoms with Gasteiger partial charge in [0.15, 0.2) is 0 Å². The van der Waals surface area contributed by atoms with E-state index in [-0.39, 0.29) is 5.91 Å². The van der Waals surface area contributed by atoms with Crippen LogP contribution in [0.25, 0.3) is 0 Å². The summed E-state index contributed by atoms with van der Waals surface area (Å²) in [5.74, 6) is 0.135. The van der Waals surface area contributed by atoms with Gasteiger partial charge in [-0.25, -0.2) is 0 Å². The predicted molar refractivity (Wildman–Crippen MR) is 80.1 cm³/mol. The summed E-state index contributed by atoms with van der Waals surface area (Å²) >= 11 is 3.56. The summed E-state index contributed by atoms with van der Waals surface area (Å²) in [7, 11) is 0. The third kappa shape index (κ3) is 6.20. The molecule has 0 heterocycles. The number of nitrogens with one attached hydrogen (secondary N) is 1. The Morgan fingerprint density at radius 3 is 2.61 bits per heavy atom. The van der Waals surface area contributed by atoms with Gasteiger partial charge < -0.3 is 5.32 Å². The quantitative estimate of drug-likeness (QED) is 0.766. The molecule has 0 aliphatic rings. The highest BCUT2D eigenvalue weighted by molar-refractivity contribution is 9.09. The number of carbonyl (C=O) groups is 1. The van der Waals surface area contributed by atoms with Crippen LogP contribution in [0.2, 0.25) is 0 Å². The highest BCUT2D eigenvalue weighted by Gasteiger charge is 2.06. The molecule has 1 N–H and O–H groups in total. The number of carbonyl (C=O) groups excluding carboxylic acids is 1. The Kier molecular flexibility index (Phi) is 7.02. The normalized spacial score (nSPS) is 12.2. The Bertz CT molecular complexity index is 361. The van der Waals surface area contributed by atoms with Crippen molar-refractivity contribution in [2.75, 3.05) is 6.54 Å². The van der Waals surface area contributed by atoms with E-state index >= 15 is 0 Å². The van der Waals surface area contributed by atoms with Crippen molar-refractivity contribution in [1.82, 2.24) is 5.32 Å². The lowest BCUT2D eigenvalue weighted by atomic mass is 10.1. The summed E-state index contributed by atoms with van der Waals surface area (Å²) < 4.78 is 0. The fourth-order valence-electron chi connectivity index (χ4n) is 1.74. The average Bonchev–Trinajstić information content (AvgIpc) is 2.36. The van der Waals surface area contributed by atoms with Crippen molar-refractivity contribution in [3.8, 4) is 0 Å². The van der Waals surface area contributed by atoms with Crippen LogP contribution in [0.4, 0.5) is 0 Å². The molecule has 0 radical (unpaired) electrons. The van der Waals surface area contributed by atoms with Crippen molar-refractivity contribution in [3.63, 3.8) is 0 Å². The third-order valence-corrected chi connectivity index (χ3v) is 3.67. The number of aryl methyl sites for hydroxylation is 2. The molecule has 0 aliphatic heterocycles. The Hall–Kier alpha value is -0.830. The number of alkyl halides is 1. The second kappa shape index (κ2) is 8.30. The van der Waals surface area contributed by atoms with Gasteiger partial charge in [-0.2, -0.15) is 0 Å². The first-order chi connectivity index (χ1) is 8.61. The lowest BCUT2D eigenvalue weighted by molar-refractivity contribution is -0.121. The monoisotopic (exact) mass is 311 g/mol. The Morgan fingerprint density at radius 1 is 1.33 bits per heavy atom. The van der Waals surface area contributed by atoms with Gasteiger partial charge in [0.1, 0.15) is 0 Å². The number of hydrogen-bond donors (Lipinski definition) is 1. The lowest BCUT2D eigenvalue weighted by Gasteiger charge is -2.10. The largest absolute Gasteiger partial charge is 0.355 e. The zero-order valence-electron chi connectivity index (χ0n) is 11.2. The van der Waals surface area contributed by atoms with Crippen molar-refractivity contribution in [2.45, 2.75) is 44.4 Å². The van der Waals surface area contributed by atoms with Crippen LogP contribution < -0.4 is 5.32 Å². The SMILES string of the molecule is CCCC(Br)CNC(=O)CCc1ccc(C)cc1. The van der Waals surface area contributed by atoms with Crippen molar-refractivity contribution < 1.29 is 4.79 Å². The molecule has 0 aromatic heterocycles. The molecule has 0 spiro atoms. The van der Waals surface area contributed by atoms with Crippen LogP contribution in [0.1, 0.15) is 37.3 Å². The molecule has 1 aromatic carbocycles. The molecule has 18 heavy (non-hydrogen) atoms. The first-order valence-electron chi connectivity index (χ1n) is 6.58. The first-order valence-corrected chi connectivity index (χ1v) is 7.49. The second-order valence-corrected chi connectivity index (χ2v) is 5.97. The van der Waals surface area contributed by atoms with Crippen molar-refractivity contribution in [2.24, 2.45) is 0 Å². The third-order valence-electron chi connectivity index (χ3n) is 2.88. The summed E-state index contributed by atoms with van der Waals surface area (Å²) in [4.78, 5) is 12.1. The number of rotatable bonds is 7. The minimum atomic E-state index is 0.135. The lowest BCUT2D eigenvalue weighted by Crippen LogP contribution is -2.29. The maximum Gasteiger partial charge on any atom is 0.220 e. The number of amides is 1. The molecule has 3 heteroatoms. The summed E-state index contributed by atoms with van der Waals surface area (Å²) in [5, 5.41) is 2.96. The van der Waals surface area contributed by atoms with Gasteiger partial charge in [0.05, 0.1) is 0 Å². The van der Waals surface area contributed by atoms with Gasteiger partial charge in [-0.05, 0) is 25.3 Å². The van der Waals surface area contributed by atoms with Gasteiger partial charge in [-0.3, -0.25) is 4.79 Å². The van der Waals surface area contributed by atoms with E-state index in [1.54, 1.807) is 0 Å². The molecule has 1 aromatic rings. The highest BCUT2D eigenvalue weighted by Crippen LogP contribution is 2.07. The standard InChI is InChI=1S/C15H22BrNO/c1-3-4-14(16)11-17-15(18)10-9-13-7-5-12(2)6-8-13/h5-8,14H,3-4,9-11H2,1-2H3,(H,17,18). The van der Waals surface area contributed by atoms with E-state index in [2.05, 4.69) is 59.4 Å². The van der Waals surface area contributed by atoms with Crippen LogP contribution >= 0.6 is 15.9 Å². The number of hydrogen-bond acceptors (Lipinski definition) is 1. The van der Waals surface area contributed by atoms with Crippen LogP contribution in [0.5, 0.6) is 0 Å². The topological polar surface area (TPSA) is 29.1 Å². The summed E-state index contributed by atoms with van der Waals surface area (Å²) in [6.07, 6.45) is 3.61. The van der Waals surface area contributed by atoms with Crippen LogP contribution in [-0.2, 0) is 11.2 Å². The zero-order valence-corrected chi connectivity index (χ0v) is 12.8. The number of benzene rings is 1. The summed E-state index contributed by atoms with van der Waals surface area (Å²) in [6.45, 7) is 4.94. The molecule has 0 bridgehead atoms. The minimum Gasteiger partial charge on any atom is -0.355 e. The summed E-state index contributed by atoms with van der Waals surface area (Å²) in [6, 6.07) is 8.35.